The van der Waals surface area contributed by atoms with E-state index in [1.807, 2.05) is 0 Å². The minimum atomic E-state index is -1.14. The molecule has 0 aliphatic carbocycles. The van der Waals surface area contributed by atoms with E-state index in [2.05, 4.69) is 16.0 Å². The van der Waals surface area contributed by atoms with Crippen molar-refractivity contribution in [1.29, 1.82) is 0 Å². The van der Waals surface area contributed by atoms with Crippen LogP contribution in [0.3, 0.4) is 0 Å². The number of amides is 4. The Bertz CT molecular complexity index is 457. The minimum absolute atomic E-state index is 0.0541. The van der Waals surface area contributed by atoms with E-state index in [4.69, 9.17) is 5.11 Å². The molecule has 2 saturated heterocycles. The van der Waals surface area contributed by atoms with Gasteiger partial charge in [0.15, 0.2) is 0 Å². The largest absolute Gasteiger partial charge is 0.481 e. The average Bonchev–Trinajstić information content (AvgIpc) is 2.43. The maximum Gasteiger partial charge on any atom is 0.318 e. The number of aliphatic carboxylic acids is 1. The van der Waals surface area contributed by atoms with E-state index in [1.165, 1.54) is 4.90 Å². The molecule has 0 bridgehead atoms. The zero-order valence-corrected chi connectivity index (χ0v) is 11.4. The molecule has 4 N–H and O–H groups in total. The van der Waals surface area contributed by atoms with Crippen LogP contribution < -0.4 is 16.0 Å². The molecular formula is C12H18N4O5. The predicted octanol–water partition coefficient (Wildman–Crippen LogP) is -1.75. The molecule has 2 rings (SSSR count). The zero-order valence-electron chi connectivity index (χ0n) is 11.4. The van der Waals surface area contributed by atoms with Crippen LogP contribution in [0.4, 0.5) is 4.79 Å². The summed E-state index contributed by atoms with van der Waals surface area (Å²) in [6.45, 7) is 0.895. The lowest BCUT2D eigenvalue weighted by molar-refractivity contribution is -0.142. The number of carbonyl (C=O) groups excluding carboxylic acids is 3. The maximum atomic E-state index is 12.2. The van der Waals surface area contributed by atoms with Gasteiger partial charge in [-0.05, 0) is 6.42 Å². The van der Waals surface area contributed by atoms with E-state index in [0.29, 0.717) is 25.9 Å². The van der Waals surface area contributed by atoms with Crippen molar-refractivity contribution in [2.24, 2.45) is 0 Å². The molecule has 2 atom stereocenters. The van der Waals surface area contributed by atoms with Crippen molar-refractivity contribution in [2.75, 3.05) is 19.6 Å². The average molecular weight is 298 g/mol. The molecule has 0 spiro atoms. The van der Waals surface area contributed by atoms with Crippen molar-refractivity contribution in [2.45, 2.75) is 31.3 Å². The molecule has 9 heteroatoms. The first kappa shape index (κ1) is 15.1. The summed E-state index contributed by atoms with van der Waals surface area (Å²) >= 11 is 0. The van der Waals surface area contributed by atoms with Gasteiger partial charge in [-0.2, -0.15) is 0 Å². The summed E-state index contributed by atoms with van der Waals surface area (Å²) in [5.41, 5.74) is 0. The summed E-state index contributed by atoms with van der Waals surface area (Å²) in [5, 5.41) is 16.8. The third kappa shape index (κ3) is 3.83. The number of carboxylic acid groups (broad SMARTS) is 1. The zero-order chi connectivity index (χ0) is 15.4. The number of nitrogens with zero attached hydrogens (tertiary/aromatic N) is 1. The summed E-state index contributed by atoms with van der Waals surface area (Å²) < 4.78 is 0. The van der Waals surface area contributed by atoms with Crippen LogP contribution >= 0.6 is 0 Å². The van der Waals surface area contributed by atoms with Gasteiger partial charge in [0.2, 0.25) is 11.8 Å². The molecule has 0 aromatic carbocycles. The summed E-state index contributed by atoms with van der Waals surface area (Å²) in [5.74, 6) is -1.66. The Kier molecular flexibility index (Phi) is 4.61. The van der Waals surface area contributed by atoms with Crippen LogP contribution in [0, 0.1) is 0 Å². The number of urea groups is 1. The van der Waals surface area contributed by atoms with Crippen molar-refractivity contribution in [3.8, 4) is 0 Å². The van der Waals surface area contributed by atoms with Crippen molar-refractivity contribution in [3.63, 3.8) is 0 Å². The third-order valence-electron chi connectivity index (χ3n) is 3.55. The first-order valence-electron chi connectivity index (χ1n) is 6.80. The summed E-state index contributed by atoms with van der Waals surface area (Å²) in [6.07, 6.45) is 0.436. The Hall–Kier alpha value is -2.32. The first-order chi connectivity index (χ1) is 9.97. The summed E-state index contributed by atoms with van der Waals surface area (Å²) in [4.78, 5) is 47.1. The van der Waals surface area contributed by atoms with Crippen LogP contribution in [-0.4, -0.2) is 65.5 Å². The number of rotatable bonds is 3. The highest BCUT2D eigenvalue weighted by molar-refractivity contribution is 5.91. The van der Waals surface area contributed by atoms with E-state index in [0.717, 1.165) is 0 Å². The smallest absolute Gasteiger partial charge is 0.318 e. The van der Waals surface area contributed by atoms with E-state index >= 15 is 0 Å². The van der Waals surface area contributed by atoms with Crippen LogP contribution in [0.5, 0.6) is 0 Å². The molecule has 2 aliphatic rings. The van der Waals surface area contributed by atoms with Gasteiger partial charge >= 0.3 is 12.0 Å². The monoisotopic (exact) mass is 298 g/mol. The quantitative estimate of drug-likeness (QED) is 0.491. The number of carboxylic acids is 1. The molecule has 0 radical (unpaired) electrons. The fourth-order valence-corrected chi connectivity index (χ4v) is 2.44. The van der Waals surface area contributed by atoms with Crippen molar-refractivity contribution in [3.05, 3.63) is 0 Å². The molecule has 2 fully saturated rings. The van der Waals surface area contributed by atoms with Gasteiger partial charge in [0.1, 0.15) is 6.04 Å². The molecule has 0 saturated carbocycles. The Morgan fingerprint density at radius 3 is 2.71 bits per heavy atom. The highest BCUT2D eigenvalue weighted by Gasteiger charge is 2.35. The van der Waals surface area contributed by atoms with Gasteiger partial charge in [0.25, 0.3) is 0 Å². The normalized spacial score (nSPS) is 25.8. The van der Waals surface area contributed by atoms with Gasteiger partial charge in [0.05, 0.1) is 6.42 Å². The lowest BCUT2D eigenvalue weighted by Gasteiger charge is -2.35. The van der Waals surface area contributed by atoms with E-state index in [9.17, 15) is 19.2 Å². The number of piperidine rings is 1. The van der Waals surface area contributed by atoms with E-state index in [-0.39, 0.29) is 18.5 Å². The van der Waals surface area contributed by atoms with Crippen molar-refractivity contribution in [1.82, 2.24) is 20.9 Å². The van der Waals surface area contributed by atoms with E-state index in [1.54, 1.807) is 0 Å². The van der Waals surface area contributed by atoms with Gasteiger partial charge in [-0.3, -0.25) is 14.4 Å². The van der Waals surface area contributed by atoms with Crippen LogP contribution in [0.25, 0.3) is 0 Å². The molecule has 0 aromatic rings. The standard InChI is InChI=1S/C12H18N4O5/c17-9-2-1-7(6-14-9)15-12(21)16-4-3-13-11(20)8(16)5-10(18)19/h7-8H,1-6H2,(H,13,20)(H,14,17)(H,15,21)(H,18,19). The van der Waals surface area contributed by atoms with Crippen molar-refractivity contribution >= 4 is 23.8 Å². The van der Waals surface area contributed by atoms with Crippen molar-refractivity contribution < 1.29 is 24.3 Å². The summed E-state index contributed by atoms with van der Waals surface area (Å²) in [6, 6.07) is -1.68. The predicted molar refractivity (Wildman–Crippen MR) is 70.3 cm³/mol. The van der Waals surface area contributed by atoms with Gasteiger partial charge in [0, 0.05) is 32.1 Å². The molecule has 2 unspecified atom stereocenters. The van der Waals surface area contributed by atoms with Crippen LogP contribution in [0.2, 0.25) is 0 Å². The minimum Gasteiger partial charge on any atom is -0.481 e. The molecule has 9 nitrogen and oxygen atoms in total. The van der Waals surface area contributed by atoms with Gasteiger partial charge < -0.3 is 26.0 Å². The van der Waals surface area contributed by atoms with Gasteiger partial charge in [-0.15, -0.1) is 0 Å². The Balaban J connectivity index is 1.96. The molecule has 2 heterocycles. The Morgan fingerprint density at radius 2 is 2.10 bits per heavy atom. The topological polar surface area (TPSA) is 128 Å². The molecule has 2 aliphatic heterocycles. The summed E-state index contributed by atoms with van der Waals surface area (Å²) in [7, 11) is 0. The SMILES string of the molecule is O=C(O)CC1C(=O)NCCN1C(=O)NC1CCC(=O)NC1. The molecular weight excluding hydrogens is 280 g/mol. The molecule has 21 heavy (non-hydrogen) atoms. The lowest BCUT2D eigenvalue weighted by atomic mass is 10.1. The number of hydrogen-bond donors (Lipinski definition) is 4. The maximum absolute atomic E-state index is 12.2. The second-order valence-electron chi connectivity index (χ2n) is 5.09. The number of piperazine rings is 1. The Labute approximate surface area is 121 Å². The second-order valence-corrected chi connectivity index (χ2v) is 5.09. The fraction of sp³-hybridized carbons (Fsp3) is 0.667. The Morgan fingerprint density at radius 1 is 1.33 bits per heavy atom. The molecule has 0 aromatic heterocycles. The number of carbonyl (C=O) groups is 4. The number of hydrogen-bond acceptors (Lipinski definition) is 4. The highest BCUT2D eigenvalue weighted by Crippen LogP contribution is 2.11. The molecule has 116 valence electrons. The molecule has 4 amide bonds. The van der Waals surface area contributed by atoms with Crippen LogP contribution in [-0.2, 0) is 14.4 Å². The van der Waals surface area contributed by atoms with Gasteiger partial charge in [-0.1, -0.05) is 0 Å². The van der Waals surface area contributed by atoms with Crippen LogP contribution in [0.15, 0.2) is 0 Å². The highest BCUT2D eigenvalue weighted by atomic mass is 16.4. The van der Waals surface area contributed by atoms with Crippen LogP contribution in [0.1, 0.15) is 19.3 Å². The number of nitrogens with one attached hydrogen (secondary N) is 3. The first-order valence-corrected chi connectivity index (χ1v) is 6.80. The van der Waals surface area contributed by atoms with E-state index < -0.39 is 30.4 Å². The third-order valence-corrected chi connectivity index (χ3v) is 3.55. The second kappa shape index (κ2) is 6.42. The lowest BCUT2D eigenvalue weighted by Crippen LogP contribution is -2.61. The van der Waals surface area contributed by atoms with Gasteiger partial charge in [-0.25, -0.2) is 4.79 Å². The fourth-order valence-electron chi connectivity index (χ4n) is 2.44.